The maximum Gasteiger partial charge on any atom is 0.191 e. The molecule has 0 heterocycles. The van der Waals surface area contributed by atoms with Crippen molar-refractivity contribution in [3.8, 4) is 5.75 Å². The lowest BCUT2D eigenvalue weighted by molar-refractivity contribution is 0.635. The van der Waals surface area contributed by atoms with E-state index < -0.39 is 0 Å². The molecule has 5 heteroatoms. The van der Waals surface area contributed by atoms with Crippen LogP contribution in [0.4, 0.5) is 5.69 Å². The topological polar surface area (TPSA) is 58.0 Å². The highest BCUT2D eigenvalue weighted by atomic mass is 32.2. The second-order valence-electron chi connectivity index (χ2n) is 2.51. The van der Waals surface area contributed by atoms with E-state index in [0.29, 0.717) is 5.69 Å². The van der Waals surface area contributed by atoms with Gasteiger partial charge in [-0.05, 0) is 17.7 Å². The van der Waals surface area contributed by atoms with Crippen molar-refractivity contribution in [3.63, 3.8) is 0 Å². The van der Waals surface area contributed by atoms with E-state index in [-0.39, 0.29) is 11.2 Å². The van der Waals surface area contributed by atoms with E-state index in [0.717, 1.165) is 5.75 Å². The van der Waals surface area contributed by atoms with E-state index in [1.165, 1.54) is 0 Å². The van der Waals surface area contributed by atoms with Crippen molar-refractivity contribution in [1.29, 1.82) is 0 Å². The molecule has 0 spiro atoms. The first-order valence-electron chi connectivity index (χ1n) is 3.63. The SMILES string of the molecule is C[S+](C)Oc1cccc(N=[N+]=[N-])c1. The Labute approximate surface area is 79.7 Å². The van der Waals surface area contributed by atoms with Crippen molar-refractivity contribution in [2.75, 3.05) is 12.5 Å². The molecule has 1 aromatic rings. The van der Waals surface area contributed by atoms with E-state index in [9.17, 15) is 0 Å². The predicted octanol–water partition coefficient (Wildman–Crippen LogP) is 2.80. The molecule has 0 fully saturated rings. The summed E-state index contributed by atoms with van der Waals surface area (Å²) in [7, 11) is 0. The molecule has 0 saturated carbocycles. The first-order valence-corrected chi connectivity index (χ1v) is 5.60. The van der Waals surface area contributed by atoms with E-state index >= 15 is 0 Å². The number of benzene rings is 1. The molecule has 1 aromatic carbocycles. The Morgan fingerprint density at radius 2 is 2.23 bits per heavy atom. The monoisotopic (exact) mass is 196 g/mol. The fourth-order valence-corrected chi connectivity index (χ4v) is 1.33. The van der Waals surface area contributed by atoms with Crippen LogP contribution >= 0.6 is 0 Å². The van der Waals surface area contributed by atoms with Gasteiger partial charge in [0.25, 0.3) is 0 Å². The van der Waals surface area contributed by atoms with Crippen molar-refractivity contribution in [1.82, 2.24) is 0 Å². The zero-order valence-corrected chi connectivity index (χ0v) is 8.28. The molecule has 0 aromatic heterocycles. The van der Waals surface area contributed by atoms with E-state index in [2.05, 4.69) is 10.0 Å². The van der Waals surface area contributed by atoms with Gasteiger partial charge in [0, 0.05) is 10.6 Å². The summed E-state index contributed by atoms with van der Waals surface area (Å²) in [5.41, 5.74) is 8.79. The van der Waals surface area contributed by atoms with E-state index in [1.807, 2.05) is 18.6 Å². The van der Waals surface area contributed by atoms with E-state index in [4.69, 9.17) is 9.71 Å². The van der Waals surface area contributed by atoms with Crippen molar-refractivity contribution in [2.24, 2.45) is 5.11 Å². The third-order valence-electron chi connectivity index (χ3n) is 1.24. The number of rotatable bonds is 3. The van der Waals surface area contributed by atoms with Crippen LogP contribution in [0.5, 0.6) is 5.75 Å². The molecule has 0 amide bonds. The van der Waals surface area contributed by atoms with Gasteiger partial charge in [0.05, 0.1) is 0 Å². The van der Waals surface area contributed by atoms with Crippen LogP contribution in [0.3, 0.4) is 0 Å². The first kappa shape index (κ1) is 9.77. The van der Waals surface area contributed by atoms with Gasteiger partial charge >= 0.3 is 0 Å². The lowest BCUT2D eigenvalue weighted by Crippen LogP contribution is -2.03. The lowest BCUT2D eigenvalue weighted by Gasteiger charge is -1.99. The van der Waals surface area contributed by atoms with Crippen LogP contribution in [-0.2, 0) is 11.2 Å². The van der Waals surface area contributed by atoms with Gasteiger partial charge in [-0.3, -0.25) is 4.18 Å². The van der Waals surface area contributed by atoms with Gasteiger partial charge in [0.1, 0.15) is 12.5 Å². The number of hydrogen-bond acceptors (Lipinski definition) is 2. The van der Waals surface area contributed by atoms with Crippen LogP contribution in [0, 0.1) is 0 Å². The average Bonchev–Trinajstić information content (AvgIpc) is 2.04. The molecule has 0 bridgehead atoms. The zero-order chi connectivity index (χ0) is 9.68. The molecular formula is C8H10N3OS+. The molecule has 0 radical (unpaired) electrons. The largest absolute Gasteiger partial charge is 0.287 e. The Morgan fingerprint density at radius 1 is 1.46 bits per heavy atom. The molecule has 4 nitrogen and oxygen atoms in total. The molecule has 0 saturated heterocycles. The van der Waals surface area contributed by atoms with Crippen LogP contribution in [0.2, 0.25) is 0 Å². The molecule has 0 aliphatic heterocycles. The van der Waals surface area contributed by atoms with Gasteiger partial charge in [-0.1, -0.05) is 17.2 Å². The zero-order valence-electron chi connectivity index (χ0n) is 7.47. The highest BCUT2D eigenvalue weighted by molar-refractivity contribution is 7.91. The molecule has 1 rings (SSSR count). The van der Waals surface area contributed by atoms with Crippen LogP contribution < -0.4 is 4.18 Å². The summed E-state index contributed by atoms with van der Waals surface area (Å²) in [6.07, 6.45) is 3.94. The maximum atomic E-state index is 8.21. The van der Waals surface area contributed by atoms with Crippen LogP contribution in [0.15, 0.2) is 29.4 Å². The quantitative estimate of drug-likeness (QED) is 0.317. The molecule has 13 heavy (non-hydrogen) atoms. The number of hydrogen-bond donors (Lipinski definition) is 0. The van der Waals surface area contributed by atoms with Crippen LogP contribution in [-0.4, -0.2) is 12.5 Å². The first-order chi connectivity index (χ1) is 6.22. The summed E-state index contributed by atoms with van der Waals surface area (Å²) in [6, 6.07) is 7.08. The minimum absolute atomic E-state index is 0.114. The second-order valence-corrected chi connectivity index (χ2v) is 4.16. The Balaban J connectivity index is 2.85. The van der Waals surface area contributed by atoms with Gasteiger partial charge in [0.15, 0.2) is 16.9 Å². The maximum absolute atomic E-state index is 8.21. The van der Waals surface area contributed by atoms with Crippen LogP contribution in [0.25, 0.3) is 10.4 Å². The molecule has 0 aliphatic carbocycles. The van der Waals surface area contributed by atoms with Crippen molar-refractivity contribution < 1.29 is 4.18 Å². The van der Waals surface area contributed by atoms with Gasteiger partial charge in [0.2, 0.25) is 0 Å². The smallest absolute Gasteiger partial charge is 0.191 e. The second kappa shape index (κ2) is 4.64. The Kier molecular flexibility index (Phi) is 3.49. The van der Waals surface area contributed by atoms with Gasteiger partial charge in [-0.25, -0.2) is 0 Å². The van der Waals surface area contributed by atoms with Gasteiger partial charge in [-0.2, -0.15) is 0 Å². The molecule has 68 valence electrons. The summed E-state index contributed by atoms with van der Waals surface area (Å²) < 4.78 is 5.45. The minimum atomic E-state index is -0.114. The van der Waals surface area contributed by atoms with Crippen molar-refractivity contribution in [2.45, 2.75) is 0 Å². The van der Waals surface area contributed by atoms with E-state index in [1.54, 1.807) is 18.2 Å². The van der Waals surface area contributed by atoms with Crippen molar-refractivity contribution >= 4 is 16.9 Å². The number of azide groups is 1. The minimum Gasteiger partial charge on any atom is -0.287 e. The summed E-state index contributed by atoms with van der Waals surface area (Å²) in [6.45, 7) is 0. The van der Waals surface area contributed by atoms with Gasteiger partial charge in [-0.15, -0.1) is 0 Å². The lowest BCUT2D eigenvalue weighted by atomic mass is 10.3. The standard InChI is InChI=1S/C8H10N3OS/c1-13(2)12-8-5-3-4-7(6-8)10-11-9/h3-6H,1-2H3/q+1. The molecule has 0 atom stereocenters. The fraction of sp³-hybridized carbons (Fsp3) is 0.250. The normalized spacial score (nSPS) is 9.46. The Bertz CT molecular complexity index is 334. The molecule has 0 N–H and O–H groups in total. The number of nitrogens with zero attached hydrogens (tertiary/aromatic N) is 3. The summed E-state index contributed by atoms with van der Waals surface area (Å²) in [5.74, 6) is 0.734. The van der Waals surface area contributed by atoms with Crippen LogP contribution in [0.1, 0.15) is 0 Å². The fourth-order valence-electron chi connectivity index (χ4n) is 0.842. The predicted molar refractivity (Wildman–Crippen MR) is 55.1 cm³/mol. The molecule has 0 unspecified atom stereocenters. The average molecular weight is 196 g/mol. The highest BCUT2D eigenvalue weighted by Gasteiger charge is 2.05. The summed E-state index contributed by atoms with van der Waals surface area (Å²) in [4.78, 5) is 2.70. The Hall–Kier alpha value is -1.32. The molecular weight excluding hydrogens is 186 g/mol. The van der Waals surface area contributed by atoms with Gasteiger partial charge < -0.3 is 0 Å². The highest BCUT2D eigenvalue weighted by Crippen LogP contribution is 2.20. The van der Waals surface area contributed by atoms with Crippen molar-refractivity contribution in [3.05, 3.63) is 34.7 Å². The Morgan fingerprint density at radius 3 is 2.85 bits per heavy atom. The molecule has 0 aliphatic rings. The third kappa shape index (κ3) is 3.27. The summed E-state index contributed by atoms with van der Waals surface area (Å²) in [5, 5.41) is 3.48. The summed E-state index contributed by atoms with van der Waals surface area (Å²) >= 11 is -0.114. The third-order valence-corrected chi connectivity index (χ3v) is 1.77.